The molecule has 1 aliphatic rings. The van der Waals surface area contributed by atoms with Crippen LogP contribution in [-0.4, -0.2) is 22.6 Å². The van der Waals surface area contributed by atoms with Crippen LogP contribution in [0.1, 0.15) is 52.0 Å². The van der Waals surface area contributed by atoms with Crippen LogP contribution in [0.5, 0.6) is 0 Å². The van der Waals surface area contributed by atoms with E-state index in [-0.39, 0.29) is 5.82 Å². The number of hydrogen-bond donors (Lipinski definition) is 0. The topological polar surface area (TPSA) is 8.17 Å². The van der Waals surface area contributed by atoms with Gasteiger partial charge in [-0.1, -0.05) is 23.3 Å². The van der Waals surface area contributed by atoms with Crippen molar-refractivity contribution in [2.24, 2.45) is 0 Å². The summed E-state index contributed by atoms with van der Waals surface area (Å²) < 4.78 is 16.1. The van der Waals surface area contributed by atoms with Crippen molar-refractivity contribution in [3.63, 3.8) is 0 Å². The quantitative estimate of drug-likeness (QED) is 0.548. The largest absolute Gasteiger partial charge is 0.343 e. The predicted molar refractivity (Wildman–Crippen MR) is 109 cm³/mol. The van der Waals surface area contributed by atoms with E-state index in [9.17, 15) is 4.39 Å². The average Bonchev–Trinajstić information content (AvgIpc) is 3.21. The van der Waals surface area contributed by atoms with E-state index in [0.717, 1.165) is 49.9 Å². The number of likely N-dealkylation sites (tertiary alicyclic amines) is 1. The molecule has 0 amide bonds. The molecule has 2 heterocycles. The Morgan fingerprint density at radius 1 is 1.12 bits per heavy atom. The van der Waals surface area contributed by atoms with Gasteiger partial charge in [0.2, 0.25) is 0 Å². The van der Waals surface area contributed by atoms with Crippen LogP contribution in [0.4, 0.5) is 4.39 Å². The lowest BCUT2D eigenvalue weighted by Gasteiger charge is -2.13. The van der Waals surface area contributed by atoms with Crippen LogP contribution in [0, 0.1) is 5.82 Å². The van der Waals surface area contributed by atoms with Gasteiger partial charge in [-0.2, -0.15) is 0 Å². The Bertz CT molecular complexity index is 803. The molecule has 1 aliphatic heterocycles. The molecule has 3 heteroatoms. The third kappa shape index (κ3) is 4.85. The summed E-state index contributed by atoms with van der Waals surface area (Å²) in [6, 6.07) is 5.19. The first-order valence-corrected chi connectivity index (χ1v) is 9.81. The number of benzene rings is 1. The number of halogens is 1. The molecule has 1 saturated heterocycles. The Morgan fingerprint density at radius 3 is 2.62 bits per heavy atom. The monoisotopic (exact) mass is 354 g/mol. The zero-order valence-corrected chi connectivity index (χ0v) is 16.4. The highest BCUT2D eigenvalue weighted by atomic mass is 19.1. The number of fused-ring (bicyclic) bond motifs is 1. The van der Waals surface area contributed by atoms with E-state index in [1.165, 1.54) is 29.6 Å². The molecule has 3 rings (SSSR count). The highest BCUT2D eigenvalue weighted by molar-refractivity contribution is 5.84. The minimum Gasteiger partial charge on any atom is -0.343 e. The summed E-state index contributed by atoms with van der Waals surface area (Å²) in [6.45, 7) is 10.6. The molecule has 0 radical (unpaired) electrons. The highest BCUT2D eigenvalue weighted by Crippen LogP contribution is 2.25. The minimum absolute atomic E-state index is 0.147. The third-order valence-electron chi connectivity index (χ3n) is 5.25. The highest BCUT2D eigenvalue weighted by Gasteiger charge is 2.16. The van der Waals surface area contributed by atoms with E-state index in [4.69, 9.17) is 0 Å². The van der Waals surface area contributed by atoms with Gasteiger partial charge in [0.05, 0.1) is 0 Å². The molecular formula is C23H31FN2. The molecule has 0 unspecified atom stereocenters. The van der Waals surface area contributed by atoms with Gasteiger partial charge in [0.15, 0.2) is 0 Å². The first-order valence-electron chi connectivity index (χ1n) is 9.81. The molecule has 2 nitrogen and oxygen atoms in total. The fourth-order valence-electron chi connectivity index (χ4n) is 3.75. The SMILES string of the molecule is CC(C)=CCCC(C)=CCn1cc(CN2CCCC2)c2cc(F)ccc21. The maximum Gasteiger partial charge on any atom is 0.123 e. The zero-order valence-electron chi connectivity index (χ0n) is 16.4. The first-order chi connectivity index (χ1) is 12.5. The minimum atomic E-state index is -0.147. The molecule has 0 atom stereocenters. The van der Waals surface area contributed by atoms with Gasteiger partial charge in [-0.15, -0.1) is 0 Å². The van der Waals surface area contributed by atoms with Gasteiger partial charge < -0.3 is 4.57 Å². The van der Waals surface area contributed by atoms with Crippen LogP contribution in [0.25, 0.3) is 10.9 Å². The van der Waals surface area contributed by atoms with Crippen LogP contribution in [0.2, 0.25) is 0 Å². The molecule has 2 aromatic rings. The fourth-order valence-corrected chi connectivity index (χ4v) is 3.75. The van der Waals surface area contributed by atoms with Gasteiger partial charge in [0, 0.05) is 30.2 Å². The molecule has 0 N–H and O–H groups in total. The van der Waals surface area contributed by atoms with Gasteiger partial charge in [-0.25, -0.2) is 4.39 Å². The Kier molecular flexibility index (Phi) is 6.31. The fraction of sp³-hybridized carbons (Fsp3) is 0.478. The lowest BCUT2D eigenvalue weighted by atomic mass is 10.1. The molecule has 1 aromatic heterocycles. The van der Waals surface area contributed by atoms with E-state index in [1.54, 1.807) is 12.1 Å². The standard InChI is InChI=1S/C23H31FN2/c1-18(2)7-6-8-19(3)11-14-26-17-20(16-25-12-4-5-13-25)22-15-21(24)9-10-23(22)26/h7,9-11,15,17H,4-6,8,12-14,16H2,1-3H3. The summed E-state index contributed by atoms with van der Waals surface area (Å²) in [7, 11) is 0. The number of rotatable bonds is 7. The lowest BCUT2D eigenvalue weighted by molar-refractivity contribution is 0.332. The van der Waals surface area contributed by atoms with E-state index in [2.05, 4.69) is 48.6 Å². The number of nitrogens with zero attached hydrogens (tertiary/aromatic N) is 2. The van der Waals surface area contributed by atoms with Gasteiger partial charge in [0.1, 0.15) is 5.82 Å². The molecular weight excluding hydrogens is 323 g/mol. The summed E-state index contributed by atoms with van der Waals surface area (Å²) >= 11 is 0. The normalized spacial score (nSPS) is 15.8. The van der Waals surface area contributed by atoms with Crippen LogP contribution < -0.4 is 0 Å². The maximum absolute atomic E-state index is 13.8. The van der Waals surface area contributed by atoms with Crippen LogP contribution >= 0.6 is 0 Å². The van der Waals surface area contributed by atoms with E-state index >= 15 is 0 Å². The Labute approximate surface area is 157 Å². The summed E-state index contributed by atoms with van der Waals surface area (Å²) in [5, 5.41) is 1.06. The number of allylic oxidation sites excluding steroid dienone is 4. The van der Waals surface area contributed by atoms with Crippen molar-refractivity contribution in [2.45, 2.75) is 59.5 Å². The van der Waals surface area contributed by atoms with Crippen LogP contribution in [0.15, 0.2) is 47.7 Å². The molecule has 140 valence electrons. The van der Waals surface area contributed by atoms with Gasteiger partial charge in [0.25, 0.3) is 0 Å². The van der Waals surface area contributed by atoms with Crippen LogP contribution in [0.3, 0.4) is 0 Å². The second-order valence-electron chi connectivity index (χ2n) is 7.82. The third-order valence-corrected chi connectivity index (χ3v) is 5.25. The van der Waals surface area contributed by atoms with E-state index in [0.29, 0.717) is 0 Å². The Morgan fingerprint density at radius 2 is 1.88 bits per heavy atom. The van der Waals surface area contributed by atoms with Gasteiger partial charge >= 0.3 is 0 Å². The number of hydrogen-bond acceptors (Lipinski definition) is 1. The summed E-state index contributed by atoms with van der Waals surface area (Å²) in [6.07, 6.45) is 11.6. The van der Waals surface area contributed by atoms with Crippen LogP contribution in [-0.2, 0) is 13.1 Å². The predicted octanol–water partition coefficient (Wildman–Crippen LogP) is 6.07. The molecule has 0 spiro atoms. The summed E-state index contributed by atoms with van der Waals surface area (Å²) in [4.78, 5) is 2.48. The molecule has 0 aliphatic carbocycles. The van der Waals surface area contributed by atoms with E-state index in [1.807, 2.05) is 6.07 Å². The van der Waals surface area contributed by atoms with Crippen molar-refractivity contribution >= 4 is 10.9 Å². The van der Waals surface area contributed by atoms with Gasteiger partial charge in [-0.05, 0) is 83.3 Å². The van der Waals surface area contributed by atoms with Crippen molar-refractivity contribution in [1.29, 1.82) is 0 Å². The van der Waals surface area contributed by atoms with Crippen molar-refractivity contribution in [1.82, 2.24) is 9.47 Å². The lowest BCUT2D eigenvalue weighted by Crippen LogP contribution is -2.18. The zero-order chi connectivity index (χ0) is 18.5. The Balaban J connectivity index is 1.78. The smallest absolute Gasteiger partial charge is 0.123 e. The molecule has 1 fully saturated rings. The second kappa shape index (κ2) is 8.68. The average molecular weight is 355 g/mol. The first kappa shape index (κ1) is 18.9. The molecule has 26 heavy (non-hydrogen) atoms. The number of aromatic nitrogens is 1. The molecule has 0 saturated carbocycles. The molecule has 1 aromatic carbocycles. The van der Waals surface area contributed by atoms with Gasteiger partial charge in [-0.3, -0.25) is 4.90 Å². The summed E-state index contributed by atoms with van der Waals surface area (Å²) in [5.41, 5.74) is 5.17. The summed E-state index contributed by atoms with van der Waals surface area (Å²) in [5.74, 6) is -0.147. The second-order valence-corrected chi connectivity index (χ2v) is 7.82. The van der Waals surface area contributed by atoms with Crippen molar-refractivity contribution in [3.05, 3.63) is 59.1 Å². The van der Waals surface area contributed by atoms with Crippen molar-refractivity contribution < 1.29 is 4.39 Å². The Hall–Kier alpha value is -1.87. The van der Waals surface area contributed by atoms with Crippen molar-refractivity contribution in [3.8, 4) is 0 Å². The maximum atomic E-state index is 13.8. The van der Waals surface area contributed by atoms with E-state index < -0.39 is 0 Å². The van der Waals surface area contributed by atoms with Crippen molar-refractivity contribution in [2.75, 3.05) is 13.1 Å². The molecule has 0 bridgehead atoms.